The molecule has 2 aromatic carbocycles. The van der Waals surface area contributed by atoms with E-state index in [1.54, 1.807) is 60.8 Å². The zero-order chi connectivity index (χ0) is 22.2. The van der Waals surface area contributed by atoms with E-state index < -0.39 is 5.91 Å². The van der Waals surface area contributed by atoms with Gasteiger partial charge in [0.2, 0.25) is 0 Å². The molecular weight excluding hydrogens is 473 g/mol. The number of para-hydroxylation sites is 1. The van der Waals surface area contributed by atoms with E-state index in [4.69, 9.17) is 32.7 Å². The van der Waals surface area contributed by atoms with E-state index >= 15 is 0 Å². The number of rotatable bonds is 7. The van der Waals surface area contributed by atoms with Crippen molar-refractivity contribution in [1.82, 2.24) is 4.98 Å². The van der Waals surface area contributed by atoms with E-state index in [9.17, 15) is 10.1 Å². The summed E-state index contributed by atoms with van der Waals surface area (Å²) in [4.78, 5) is 16.4. The Morgan fingerprint density at radius 3 is 2.50 bits per heavy atom. The first kappa shape index (κ1) is 25.0. The topological polar surface area (TPSA) is 84.2 Å². The van der Waals surface area contributed by atoms with Crippen LogP contribution in [-0.4, -0.2) is 24.6 Å². The smallest absolute Gasteiger partial charge is 0.262 e. The van der Waals surface area contributed by atoms with Crippen molar-refractivity contribution in [2.45, 2.75) is 0 Å². The van der Waals surface area contributed by atoms with Gasteiger partial charge in [-0.2, -0.15) is 5.26 Å². The number of aromatic nitrogens is 1. The van der Waals surface area contributed by atoms with E-state index in [-0.39, 0.29) is 19.0 Å². The van der Waals surface area contributed by atoms with Crippen LogP contribution in [0, 0.1) is 11.3 Å². The van der Waals surface area contributed by atoms with Gasteiger partial charge in [-0.05, 0) is 48.0 Å². The summed E-state index contributed by atoms with van der Waals surface area (Å²) in [5, 5.41) is 12.7. The summed E-state index contributed by atoms with van der Waals surface area (Å²) in [5.74, 6) is 0.356. The summed E-state index contributed by atoms with van der Waals surface area (Å²) in [6.45, 7) is -0.273. The maximum absolute atomic E-state index is 12.3. The summed E-state index contributed by atoms with van der Waals surface area (Å²) in [7, 11) is 1.49. The Balaban J connectivity index is 0.00000363. The molecule has 3 rings (SSSR count). The number of hydrogen-bond acceptors (Lipinski definition) is 5. The number of nitrogens with zero attached hydrogens (tertiary/aromatic N) is 2. The number of carbonyl (C=O) groups is 1. The van der Waals surface area contributed by atoms with Gasteiger partial charge in [-0.3, -0.25) is 9.78 Å². The van der Waals surface area contributed by atoms with Crippen molar-refractivity contribution >= 4 is 58.9 Å². The lowest BCUT2D eigenvalue weighted by Crippen LogP contribution is -2.20. The number of pyridine rings is 1. The molecule has 1 heterocycles. The molecule has 0 fully saturated rings. The second kappa shape index (κ2) is 12.0. The van der Waals surface area contributed by atoms with Crippen LogP contribution in [0.1, 0.15) is 11.3 Å². The Morgan fingerprint density at radius 2 is 1.88 bits per heavy atom. The van der Waals surface area contributed by atoms with Gasteiger partial charge in [-0.15, -0.1) is 12.4 Å². The lowest BCUT2D eigenvalue weighted by Gasteiger charge is -2.13. The molecule has 0 bridgehead atoms. The number of anilines is 1. The van der Waals surface area contributed by atoms with Crippen molar-refractivity contribution in [1.29, 1.82) is 5.26 Å². The van der Waals surface area contributed by atoms with Crippen LogP contribution in [0.3, 0.4) is 0 Å². The quantitative estimate of drug-likeness (QED) is 0.417. The molecule has 0 radical (unpaired) electrons. The largest absolute Gasteiger partial charge is 0.493 e. The standard InChI is InChI=1S/C23H17Cl2N3O3.ClH/c1-30-21-12-15(11-16(13-26)19-7-2-3-10-27-19)8-9-20(21)31-14-22(29)28-23-17(24)5-4-6-18(23)25;/h2-12H,14H2,1H3,(H,28,29);1H/b16-11+;. The second-order valence-electron chi connectivity index (χ2n) is 6.23. The van der Waals surface area contributed by atoms with Gasteiger partial charge >= 0.3 is 0 Å². The zero-order valence-electron chi connectivity index (χ0n) is 16.8. The molecule has 0 spiro atoms. The molecule has 164 valence electrons. The first-order valence-electron chi connectivity index (χ1n) is 9.09. The minimum Gasteiger partial charge on any atom is -0.493 e. The van der Waals surface area contributed by atoms with Crippen LogP contribution in [0.4, 0.5) is 5.69 Å². The van der Waals surface area contributed by atoms with Crippen LogP contribution in [0.25, 0.3) is 11.6 Å². The van der Waals surface area contributed by atoms with Crippen molar-refractivity contribution in [3.63, 3.8) is 0 Å². The van der Waals surface area contributed by atoms with E-state index in [0.717, 1.165) is 5.56 Å². The maximum Gasteiger partial charge on any atom is 0.262 e. The van der Waals surface area contributed by atoms with Gasteiger partial charge < -0.3 is 14.8 Å². The fourth-order valence-corrected chi connectivity index (χ4v) is 3.17. The maximum atomic E-state index is 12.3. The van der Waals surface area contributed by atoms with Crippen LogP contribution < -0.4 is 14.8 Å². The number of nitrogens with one attached hydrogen (secondary N) is 1. The van der Waals surface area contributed by atoms with Gasteiger partial charge in [-0.25, -0.2) is 0 Å². The summed E-state index contributed by atoms with van der Waals surface area (Å²) in [6, 6.07) is 17.5. The number of methoxy groups -OCH3 is 1. The molecule has 0 aliphatic rings. The average Bonchev–Trinajstić information content (AvgIpc) is 2.79. The van der Waals surface area contributed by atoms with E-state index in [2.05, 4.69) is 16.4 Å². The zero-order valence-corrected chi connectivity index (χ0v) is 19.2. The number of halogens is 3. The number of nitriles is 1. The highest BCUT2D eigenvalue weighted by Crippen LogP contribution is 2.31. The Kier molecular flexibility index (Phi) is 9.36. The van der Waals surface area contributed by atoms with E-state index in [1.807, 2.05) is 6.07 Å². The van der Waals surface area contributed by atoms with Gasteiger partial charge in [0, 0.05) is 6.20 Å². The predicted octanol–water partition coefficient (Wildman–Crippen LogP) is 5.90. The Labute approximate surface area is 201 Å². The molecule has 0 aliphatic heterocycles. The third-order valence-corrected chi connectivity index (χ3v) is 4.78. The molecule has 1 aromatic heterocycles. The number of benzene rings is 2. The lowest BCUT2D eigenvalue weighted by atomic mass is 10.1. The fourth-order valence-electron chi connectivity index (χ4n) is 2.68. The molecule has 1 N–H and O–H groups in total. The van der Waals surface area contributed by atoms with Crippen molar-refractivity contribution in [3.8, 4) is 17.6 Å². The van der Waals surface area contributed by atoms with Crippen LogP contribution >= 0.6 is 35.6 Å². The van der Waals surface area contributed by atoms with E-state index in [1.165, 1.54) is 7.11 Å². The highest BCUT2D eigenvalue weighted by atomic mass is 35.5. The highest BCUT2D eigenvalue weighted by molar-refractivity contribution is 6.39. The predicted molar refractivity (Wildman–Crippen MR) is 129 cm³/mol. The van der Waals surface area contributed by atoms with Crippen molar-refractivity contribution in [3.05, 3.63) is 82.1 Å². The molecule has 32 heavy (non-hydrogen) atoms. The average molecular weight is 491 g/mol. The van der Waals surface area contributed by atoms with Crippen molar-refractivity contribution in [2.75, 3.05) is 19.0 Å². The third kappa shape index (κ3) is 6.38. The number of amides is 1. The number of allylic oxidation sites excluding steroid dienone is 1. The molecule has 1 amide bonds. The van der Waals surface area contributed by atoms with Crippen LogP contribution in [0.2, 0.25) is 10.0 Å². The van der Waals surface area contributed by atoms with Gasteiger partial charge in [0.1, 0.15) is 6.07 Å². The molecule has 0 unspecified atom stereocenters. The number of carbonyl (C=O) groups excluding carboxylic acids is 1. The van der Waals surface area contributed by atoms with Gasteiger partial charge in [0.05, 0.1) is 34.1 Å². The molecular formula is C23H18Cl3N3O3. The summed E-state index contributed by atoms with van der Waals surface area (Å²) >= 11 is 12.1. The van der Waals surface area contributed by atoms with Crippen LogP contribution in [0.5, 0.6) is 11.5 Å². The number of ether oxygens (including phenoxy) is 2. The summed E-state index contributed by atoms with van der Waals surface area (Å²) < 4.78 is 11.0. The molecule has 9 heteroatoms. The minimum absolute atomic E-state index is 0. The molecule has 6 nitrogen and oxygen atoms in total. The van der Waals surface area contributed by atoms with E-state index in [0.29, 0.717) is 38.5 Å². The highest BCUT2D eigenvalue weighted by Gasteiger charge is 2.12. The summed E-state index contributed by atoms with van der Waals surface area (Å²) in [6.07, 6.45) is 3.32. The van der Waals surface area contributed by atoms with Crippen molar-refractivity contribution < 1.29 is 14.3 Å². The first-order valence-corrected chi connectivity index (χ1v) is 9.85. The Hall–Kier alpha value is -3.24. The molecule has 3 aromatic rings. The lowest BCUT2D eigenvalue weighted by molar-refractivity contribution is -0.118. The second-order valence-corrected chi connectivity index (χ2v) is 7.04. The van der Waals surface area contributed by atoms with Crippen molar-refractivity contribution in [2.24, 2.45) is 0 Å². The SMILES string of the molecule is COc1cc(/C=C(\C#N)c2ccccn2)ccc1OCC(=O)Nc1c(Cl)cccc1Cl.Cl. The van der Waals surface area contributed by atoms with Gasteiger partial charge in [-0.1, -0.05) is 41.4 Å². The summed E-state index contributed by atoms with van der Waals surface area (Å²) in [5.41, 5.74) is 2.02. The normalized spacial score (nSPS) is 10.5. The van der Waals surface area contributed by atoms with Gasteiger partial charge in [0.25, 0.3) is 5.91 Å². The first-order chi connectivity index (χ1) is 15.0. The fraction of sp³-hybridized carbons (Fsp3) is 0.0870. The monoisotopic (exact) mass is 489 g/mol. The number of hydrogen-bond donors (Lipinski definition) is 1. The molecule has 0 atom stereocenters. The Bertz CT molecular complexity index is 1140. The Morgan fingerprint density at radius 1 is 1.12 bits per heavy atom. The van der Waals surface area contributed by atoms with Gasteiger partial charge in [0.15, 0.2) is 18.1 Å². The molecule has 0 saturated carbocycles. The molecule has 0 saturated heterocycles. The minimum atomic E-state index is -0.428. The third-order valence-electron chi connectivity index (χ3n) is 4.15. The van der Waals surface area contributed by atoms with Crippen LogP contribution in [-0.2, 0) is 4.79 Å². The van der Waals surface area contributed by atoms with Crippen LogP contribution in [0.15, 0.2) is 60.8 Å². The molecule has 0 aliphatic carbocycles.